The van der Waals surface area contributed by atoms with Crippen molar-refractivity contribution in [3.8, 4) is 5.75 Å². The van der Waals surface area contributed by atoms with E-state index in [1.165, 1.54) is 23.8 Å². The molecule has 2 aromatic carbocycles. The maximum atomic E-state index is 13.0. The average molecular weight is 521 g/mol. The van der Waals surface area contributed by atoms with Gasteiger partial charge in [-0.1, -0.05) is 48.0 Å². The number of amides is 2. The van der Waals surface area contributed by atoms with Crippen LogP contribution < -0.4 is 10.1 Å². The van der Waals surface area contributed by atoms with Crippen molar-refractivity contribution >= 4 is 52.7 Å². The van der Waals surface area contributed by atoms with Crippen molar-refractivity contribution in [2.45, 2.75) is 24.4 Å². The number of thioether (sulfide) groups is 1. The van der Waals surface area contributed by atoms with Gasteiger partial charge in [0.2, 0.25) is 5.91 Å². The third-order valence-electron chi connectivity index (χ3n) is 5.51. The number of alkyl halides is 1. The van der Waals surface area contributed by atoms with Gasteiger partial charge in [0.05, 0.1) is 18.6 Å². The summed E-state index contributed by atoms with van der Waals surface area (Å²) in [5, 5.41) is 2.81. The lowest BCUT2D eigenvalue weighted by atomic mass is 10.0. The van der Waals surface area contributed by atoms with E-state index >= 15 is 0 Å². The topological polar surface area (TPSA) is 84.9 Å². The fraction of sp³-hybridized carbons (Fsp3) is 0.292. The summed E-state index contributed by atoms with van der Waals surface area (Å²) >= 11 is 13.7. The van der Waals surface area contributed by atoms with E-state index in [9.17, 15) is 14.4 Å². The van der Waals surface area contributed by atoms with Gasteiger partial charge < -0.3 is 14.8 Å². The summed E-state index contributed by atoms with van der Waals surface area (Å²) in [6.07, 6.45) is 0.171. The van der Waals surface area contributed by atoms with Gasteiger partial charge in [-0.05, 0) is 28.8 Å². The van der Waals surface area contributed by atoms with Crippen molar-refractivity contribution in [2.75, 3.05) is 18.7 Å². The molecular formula is C24H22Cl2N2O5S. The molecular weight excluding hydrogens is 499 g/mol. The quantitative estimate of drug-likeness (QED) is 0.325. The van der Waals surface area contributed by atoms with Crippen LogP contribution in [0.5, 0.6) is 5.75 Å². The molecule has 1 N–H and O–H groups in total. The molecule has 4 rings (SSSR count). The zero-order valence-corrected chi connectivity index (χ0v) is 20.6. The van der Waals surface area contributed by atoms with Gasteiger partial charge in [-0.3, -0.25) is 14.5 Å². The van der Waals surface area contributed by atoms with Crippen molar-refractivity contribution in [3.63, 3.8) is 0 Å². The molecule has 1 fully saturated rings. The molecule has 0 saturated carbocycles. The van der Waals surface area contributed by atoms with Crippen molar-refractivity contribution in [1.82, 2.24) is 10.2 Å². The van der Waals surface area contributed by atoms with Gasteiger partial charge in [-0.15, -0.1) is 23.4 Å². The summed E-state index contributed by atoms with van der Waals surface area (Å²) in [7, 11) is 1.51. The van der Waals surface area contributed by atoms with E-state index in [0.29, 0.717) is 27.7 Å². The van der Waals surface area contributed by atoms with Crippen LogP contribution in [0.4, 0.5) is 0 Å². The predicted octanol–water partition coefficient (Wildman–Crippen LogP) is 3.53. The van der Waals surface area contributed by atoms with Crippen molar-refractivity contribution in [3.05, 3.63) is 76.0 Å². The molecule has 34 heavy (non-hydrogen) atoms. The Morgan fingerprint density at radius 2 is 1.94 bits per heavy atom. The number of methoxy groups -OCH3 is 1. The largest absolute Gasteiger partial charge is 0.495 e. The van der Waals surface area contributed by atoms with Crippen LogP contribution in [0.25, 0.3) is 0 Å². The first-order chi connectivity index (χ1) is 16.4. The number of nitrogens with zero attached hydrogens (tertiary/aromatic N) is 1. The molecule has 2 aromatic rings. The highest BCUT2D eigenvalue weighted by atomic mass is 35.5. The van der Waals surface area contributed by atoms with Crippen LogP contribution in [0.3, 0.4) is 0 Å². The average Bonchev–Trinajstić information content (AvgIpc) is 2.85. The van der Waals surface area contributed by atoms with E-state index in [4.69, 9.17) is 32.7 Å². The monoisotopic (exact) mass is 520 g/mol. The Kier molecular flexibility index (Phi) is 7.70. The number of nitrogens with one attached hydrogen (secondary N) is 1. The normalized spacial score (nSPS) is 19.3. The standard InChI is InChI=1S/C24H22Cl2N2O5S/c1-32-18-8-7-15(9-17(18)26)12-33-24(31)21-16(11-25)13-34-23-20(22(30)28(21)23)27-19(29)10-14-5-3-2-4-6-14/h2-9,20,23H,10-13H2,1H3,(H,27,29)/t20-,23-/m1/s1. The van der Waals surface area contributed by atoms with E-state index in [-0.39, 0.29) is 36.4 Å². The number of rotatable bonds is 8. The SMILES string of the molecule is COc1ccc(COC(=O)C2=C(CCl)CS[C@@H]3[C@H](NC(=O)Cc4ccccc4)C(=O)N23)cc1Cl. The number of halogens is 2. The van der Waals surface area contributed by atoms with Crippen LogP contribution in [0.1, 0.15) is 11.1 Å². The first-order valence-electron chi connectivity index (χ1n) is 10.5. The second-order valence-electron chi connectivity index (χ2n) is 7.75. The number of ether oxygens (including phenoxy) is 2. The number of hydrogen-bond donors (Lipinski definition) is 1. The Morgan fingerprint density at radius 1 is 1.18 bits per heavy atom. The second kappa shape index (κ2) is 10.7. The number of carbonyl (C=O) groups excluding carboxylic acids is 3. The van der Waals surface area contributed by atoms with Gasteiger partial charge in [-0.2, -0.15) is 0 Å². The summed E-state index contributed by atoms with van der Waals surface area (Å²) in [6.45, 7) is -0.0291. The highest BCUT2D eigenvalue weighted by Crippen LogP contribution is 2.41. The predicted molar refractivity (Wildman–Crippen MR) is 131 cm³/mol. The van der Waals surface area contributed by atoms with Crippen LogP contribution in [0.15, 0.2) is 59.8 Å². The lowest BCUT2D eigenvalue weighted by Crippen LogP contribution is -2.70. The van der Waals surface area contributed by atoms with Gasteiger partial charge >= 0.3 is 5.97 Å². The van der Waals surface area contributed by atoms with Gasteiger partial charge in [0.25, 0.3) is 5.91 Å². The van der Waals surface area contributed by atoms with E-state index in [0.717, 1.165) is 5.56 Å². The van der Waals surface area contributed by atoms with E-state index in [2.05, 4.69) is 5.32 Å². The summed E-state index contributed by atoms with van der Waals surface area (Å²) in [5.41, 5.74) is 2.29. The third-order valence-corrected chi connectivity index (χ3v) is 7.47. The Morgan fingerprint density at radius 3 is 2.62 bits per heavy atom. The maximum Gasteiger partial charge on any atom is 0.355 e. The van der Waals surface area contributed by atoms with E-state index < -0.39 is 17.4 Å². The maximum absolute atomic E-state index is 13.0. The van der Waals surface area contributed by atoms with Crippen LogP contribution in [0, 0.1) is 0 Å². The minimum Gasteiger partial charge on any atom is -0.495 e. The molecule has 2 aliphatic rings. The molecule has 7 nitrogen and oxygen atoms in total. The second-order valence-corrected chi connectivity index (χ2v) is 9.53. The molecule has 0 unspecified atom stereocenters. The van der Waals surface area contributed by atoms with Gasteiger partial charge in [0.15, 0.2) is 0 Å². The lowest BCUT2D eigenvalue weighted by Gasteiger charge is -2.49. The minimum atomic E-state index is -0.707. The molecule has 0 bridgehead atoms. The first kappa shape index (κ1) is 24.4. The molecule has 2 atom stereocenters. The van der Waals surface area contributed by atoms with Gasteiger partial charge in [0, 0.05) is 11.6 Å². The summed E-state index contributed by atoms with van der Waals surface area (Å²) in [6, 6.07) is 13.6. The number of hydrogen-bond acceptors (Lipinski definition) is 6. The fourth-order valence-corrected chi connectivity index (χ4v) is 5.76. The Bertz CT molecular complexity index is 1140. The highest BCUT2D eigenvalue weighted by molar-refractivity contribution is 8.00. The molecule has 0 radical (unpaired) electrons. The van der Waals surface area contributed by atoms with Crippen LogP contribution in [0.2, 0.25) is 5.02 Å². The molecule has 1 saturated heterocycles. The minimum absolute atomic E-state index is 0.0291. The number of benzene rings is 2. The number of fused-ring (bicyclic) bond motifs is 1. The summed E-state index contributed by atoms with van der Waals surface area (Å²) < 4.78 is 10.6. The zero-order valence-electron chi connectivity index (χ0n) is 18.3. The van der Waals surface area contributed by atoms with E-state index in [1.54, 1.807) is 18.2 Å². The fourth-order valence-electron chi connectivity index (χ4n) is 3.80. The molecule has 178 valence electrons. The molecule has 2 aliphatic heterocycles. The molecule has 0 spiro atoms. The Hall–Kier alpha value is -2.68. The molecule has 2 heterocycles. The zero-order chi connectivity index (χ0) is 24.2. The van der Waals surface area contributed by atoms with Crippen molar-refractivity contribution < 1.29 is 23.9 Å². The highest BCUT2D eigenvalue weighted by Gasteiger charge is 2.54. The Labute approximate surface area is 211 Å². The van der Waals surface area contributed by atoms with Crippen LogP contribution in [-0.4, -0.2) is 52.8 Å². The van der Waals surface area contributed by atoms with Crippen LogP contribution in [-0.2, 0) is 32.1 Å². The molecule has 10 heteroatoms. The third kappa shape index (κ3) is 5.04. The molecule has 0 aliphatic carbocycles. The van der Waals surface area contributed by atoms with Gasteiger partial charge in [-0.25, -0.2) is 4.79 Å². The Balaban J connectivity index is 1.42. The van der Waals surface area contributed by atoms with Crippen molar-refractivity contribution in [1.29, 1.82) is 0 Å². The smallest absolute Gasteiger partial charge is 0.355 e. The lowest BCUT2D eigenvalue weighted by molar-refractivity contribution is -0.153. The molecule has 0 aromatic heterocycles. The van der Waals surface area contributed by atoms with E-state index in [1.807, 2.05) is 30.3 Å². The van der Waals surface area contributed by atoms with Gasteiger partial charge in [0.1, 0.15) is 29.5 Å². The molecule has 2 amide bonds. The number of carbonyl (C=O) groups is 3. The summed E-state index contributed by atoms with van der Waals surface area (Å²) in [4.78, 5) is 39.7. The number of esters is 1. The first-order valence-corrected chi connectivity index (χ1v) is 12.4. The van der Waals surface area contributed by atoms with Crippen molar-refractivity contribution in [2.24, 2.45) is 0 Å². The van der Waals surface area contributed by atoms with Crippen LogP contribution >= 0.6 is 35.0 Å². The number of β-lactam (4-membered cyclic amide) rings is 1. The summed E-state index contributed by atoms with van der Waals surface area (Å²) in [5.74, 6) is -0.189.